The number of halogens is 1. The maximum atomic E-state index is 9.69. The van der Waals surface area contributed by atoms with Gasteiger partial charge in [0.2, 0.25) is 0 Å². The zero-order valence-corrected chi connectivity index (χ0v) is 11.4. The van der Waals surface area contributed by atoms with Crippen LogP contribution in [0.25, 0.3) is 0 Å². The smallest absolute Gasteiger partial charge is 0.123 e. The molecule has 0 saturated heterocycles. The summed E-state index contributed by atoms with van der Waals surface area (Å²) in [6.07, 6.45) is 0. The molecule has 2 aromatic carbocycles. The van der Waals surface area contributed by atoms with E-state index in [2.05, 4.69) is 5.32 Å². The Kier molecular flexibility index (Phi) is 4.30. The minimum Gasteiger partial charge on any atom is -0.508 e. The van der Waals surface area contributed by atoms with Gasteiger partial charge in [0.05, 0.1) is 0 Å². The highest BCUT2D eigenvalue weighted by atomic mass is 35.5. The summed E-state index contributed by atoms with van der Waals surface area (Å²) in [6, 6.07) is 12.4. The molecule has 19 heavy (non-hydrogen) atoms. The van der Waals surface area contributed by atoms with E-state index in [1.165, 1.54) is 6.07 Å². The lowest BCUT2D eigenvalue weighted by molar-refractivity contribution is 0.441. The Labute approximate surface area is 117 Å². The first-order valence-corrected chi connectivity index (χ1v) is 6.44. The zero-order chi connectivity index (χ0) is 13.8. The van der Waals surface area contributed by atoms with E-state index in [-0.39, 0.29) is 17.5 Å². The van der Waals surface area contributed by atoms with Crippen molar-refractivity contribution in [2.75, 3.05) is 0 Å². The van der Waals surface area contributed by atoms with Crippen LogP contribution in [0.3, 0.4) is 0 Å². The molecule has 0 amide bonds. The third-order valence-electron chi connectivity index (χ3n) is 3.04. The van der Waals surface area contributed by atoms with Gasteiger partial charge in [0.1, 0.15) is 11.5 Å². The minimum atomic E-state index is 0.0620. The number of hydrogen-bond donors (Lipinski definition) is 3. The number of nitrogens with one attached hydrogen (secondary N) is 1. The van der Waals surface area contributed by atoms with Gasteiger partial charge in [-0.25, -0.2) is 0 Å². The molecule has 0 aromatic heterocycles. The van der Waals surface area contributed by atoms with E-state index in [4.69, 9.17) is 11.6 Å². The van der Waals surface area contributed by atoms with Gasteiger partial charge < -0.3 is 15.5 Å². The molecular weight excluding hydrogens is 262 g/mol. The molecule has 2 aromatic rings. The van der Waals surface area contributed by atoms with Crippen molar-refractivity contribution in [1.29, 1.82) is 0 Å². The second-order valence-electron chi connectivity index (χ2n) is 4.47. The predicted molar refractivity (Wildman–Crippen MR) is 76.5 cm³/mol. The van der Waals surface area contributed by atoms with Crippen molar-refractivity contribution in [1.82, 2.24) is 5.32 Å². The fraction of sp³-hybridized carbons (Fsp3) is 0.200. The summed E-state index contributed by atoms with van der Waals surface area (Å²) in [6.45, 7) is 2.57. The molecule has 4 heteroatoms. The van der Waals surface area contributed by atoms with Crippen LogP contribution in [-0.2, 0) is 6.54 Å². The summed E-state index contributed by atoms with van der Waals surface area (Å²) in [5.41, 5.74) is 1.88. The molecule has 0 radical (unpaired) electrons. The second-order valence-corrected chi connectivity index (χ2v) is 4.90. The first-order valence-electron chi connectivity index (χ1n) is 6.06. The molecule has 0 unspecified atom stereocenters. The van der Waals surface area contributed by atoms with Crippen LogP contribution in [0.2, 0.25) is 5.02 Å². The molecule has 0 aliphatic carbocycles. The number of phenols is 2. The standard InChI is InChI=1S/C15H16ClNO2/c1-10(11-2-5-13(16)6-3-11)17-9-12-4-7-14(18)8-15(12)19/h2-8,10,17-19H,9H2,1H3/t10-/m1/s1. The maximum Gasteiger partial charge on any atom is 0.123 e. The van der Waals surface area contributed by atoms with E-state index in [1.807, 2.05) is 31.2 Å². The Bertz CT molecular complexity index is 555. The van der Waals surface area contributed by atoms with Gasteiger partial charge in [-0.2, -0.15) is 0 Å². The lowest BCUT2D eigenvalue weighted by atomic mass is 10.1. The van der Waals surface area contributed by atoms with Crippen molar-refractivity contribution in [3.05, 3.63) is 58.6 Å². The minimum absolute atomic E-state index is 0.0620. The van der Waals surface area contributed by atoms with Crippen LogP contribution in [0.5, 0.6) is 11.5 Å². The Morgan fingerprint density at radius 1 is 1.11 bits per heavy atom. The molecule has 0 aliphatic heterocycles. The number of phenolic OH excluding ortho intramolecular Hbond substituents is 2. The van der Waals surface area contributed by atoms with Crippen LogP contribution >= 0.6 is 11.6 Å². The Hall–Kier alpha value is -1.71. The van der Waals surface area contributed by atoms with E-state index in [9.17, 15) is 10.2 Å². The number of hydrogen-bond acceptors (Lipinski definition) is 3. The molecule has 100 valence electrons. The topological polar surface area (TPSA) is 52.5 Å². The molecular formula is C15H16ClNO2. The van der Waals surface area contributed by atoms with E-state index < -0.39 is 0 Å². The van der Waals surface area contributed by atoms with Gasteiger partial charge in [0.25, 0.3) is 0 Å². The summed E-state index contributed by atoms with van der Waals surface area (Å²) in [7, 11) is 0. The van der Waals surface area contributed by atoms with E-state index >= 15 is 0 Å². The molecule has 0 fully saturated rings. The van der Waals surface area contributed by atoms with Gasteiger partial charge in [-0.05, 0) is 30.7 Å². The molecule has 0 heterocycles. The third kappa shape index (κ3) is 3.63. The normalized spacial score (nSPS) is 12.3. The summed E-state index contributed by atoms with van der Waals surface area (Å²) < 4.78 is 0. The summed E-state index contributed by atoms with van der Waals surface area (Å²) in [4.78, 5) is 0. The molecule has 0 bridgehead atoms. The summed E-state index contributed by atoms with van der Waals surface area (Å²) in [5, 5.41) is 22.9. The van der Waals surface area contributed by atoms with Gasteiger partial charge in [-0.3, -0.25) is 0 Å². The van der Waals surface area contributed by atoms with E-state index in [0.29, 0.717) is 11.6 Å². The predicted octanol–water partition coefficient (Wildman–Crippen LogP) is 3.60. The second kappa shape index (κ2) is 5.95. The maximum absolute atomic E-state index is 9.69. The van der Waals surface area contributed by atoms with Gasteiger partial charge in [0, 0.05) is 29.2 Å². The van der Waals surface area contributed by atoms with Crippen LogP contribution in [0.4, 0.5) is 0 Å². The number of benzene rings is 2. The molecule has 1 atom stereocenters. The van der Waals surface area contributed by atoms with Crippen molar-refractivity contribution < 1.29 is 10.2 Å². The first-order chi connectivity index (χ1) is 9.06. The van der Waals surface area contributed by atoms with Gasteiger partial charge in [0.15, 0.2) is 0 Å². The monoisotopic (exact) mass is 277 g/mol. The fourth-order valence-corrected chi connectivity index (χ4v) is 1.96. The van der Waals surface area contributed by atoms with Gasteiger partial charge >= 0.3 is 0 Å². The van der Waals surface area contributed by atoms with Crippen LogP contribution in [0.15, 0.2) is 42.5 Å². The quantitative estimate of drug-likeness (QED) is 0.800. The molecule has 0 spiro atoms. The number of rotatable bonds is 4. The lowest BCUT2D eigenvalue weighted by Crippen LogP contribution is -2.18. The largest absolute Gasteiger partial charge is 0.508 e. The average Bonchev–Trinajstić information content (AvgIpc) is 2.38. The SMILES string of the molecule is C[C@@H](NCc1ccc(O)cc1O)c1ccc(Cl)cc1. The van der Waals surface area contributed by atoms with Crippen LogP contribution in [0, 0.1) is 0 Å². The van der Waals surface area contributed by atoms with Crippen LogP contribution in [0.1, 0.15) is 24.1 Å². The highest BCUT2D eigenvalue weighted by Crippen LogP contribution is 2.23. The Morgan fingerprint density at radius 3 is 2.42 bits per heavy atom. The molecule has 0 saturated carbocycles. The van der Waals surface area contributed by atoms with Crippen LogP contribution < -0.4 is 5.32 Å². The van der Waals surface area contributed by atoms with Crippen molar-refractivity contribution in [3.63, 3.8) is 0 Å². The average molecular weight is 278 g/mol. The highest BCUT2D eigenvalue weighted by molar-refractivity contribution is 6.30. The van der Waals surface area contributed by atoms with Crippen molar-refractivity contribution in [2.24, 2.45) is 0 Å². The van der Waals surface area contributed by atoms with Crippen LogP contribution in [-0.4, -0.2) is 10.2 Å². The zero-order valence-electron chi connectivity index (χ0n) is 10.6. The highest BCUT2D eigenvalue weighted by Gasteiger charge is 2.07. The fourth-order valence-electron chi connectivity index (χ4n) is 1.83. The molecule has 0 aliphatic rings. The van der Waals surface area contributed by atoms with Crippen molar-refractivity contribution >= 4 is 11.6 Å². The molecule has 3 N–H and O–H groups in total. The Morgan fingerprint density at radius 2 is 1.79 bits per heavy atom. The summed E-state index contributed by atoms with van der Waals surface area (Å²) >= 11 is 5.85. The van der Waals surface area contributed by atoms with Crippen molar-refractivity contribution in [3.8, 4) is 11.5 Å². The van der Waals surface area contributed by atoms with Gasteiger partial charge in [-0.15, -0.1) is 0 Å². The van der Waals surface area contributed by atoms with Crippen molar-refractivity contribution in [2.45, 2.75) is 19.5 Å². The molecule has 2 rings (SSSR count). The Balaban J connectivity index is 2.00. The first kappa shape index (κ1) is 13.7. The van der Waals surface area contributed by atoms with Gasteiger partial charge in [-0.1, -0.05) is 29.8 Å². The van der Waals surface area contributed by atoms with E-state index in [0.717, 1.165) is 11.1 Å². The summed E-state index contributed by atoms with van der Waals surface area (Å²) in [5.74, 6) is 0.155. The lowest BCUT2D eigenvalue weighted by Gasteiger charge is -2.15. The molecule has 3 nitrogen and oxygen atoms in total. The number of aromatic hydroxyl groups is 2. The third-order valence-corrected chi connectivity index (χ3v) is 3.29. The van der Waals surface area contributed by atoms with E-state index in [1.54, 1.807) is 12.1 Å².